The molecule has 20 heavy (non-hydrogen) atoms. The summed E-state index contributed by atoms with van der Waals surface area (Å²) in [7, 11) is 0. The van der Waals surface area contributed by atoms with E-state index in [0.717, 1.165) is 29.9 Å². The molecule has 2 aromatic rings. The van der Waals surface area contributed by atoms with Crippen molar-refractivity contribution in [3.63, 3.8) is 0 Å². The van der Waals surface area contributed by atoms with Gasteiger partial charge in [-0.05, 0) is 30.2 Å². The van der Waals surface area contributed by atoms with Crippen molar-refractivity contribution in [1.29, 1.82) is 0 Å². The highest BCUT2D eigenvalue weighted by Crippen LogP contribution is 2.23. The van der Waals surface area contributed by atoms with Crippen molar-refractivity contribution in [2.75, 3.05) is 0 Å². The van der Waals surface area contributed by atoms with Gasteiger partial charge in [-0.2, -0.15) is 0 Å². The third-order valence-electron chi connectivity index (χ3n) is 3.11. The van der Waals surface area contributed by atoms with Gasteiger partial charge in [-0.25, -0.2) is 9.97 Å². The molecule has 1 unspecified atom stereocenters. The van der Waals surface area contributed by atoms with Crippen LogP contribution < -0.4 is 5.73 Å². The summed E-state index contributed by atoms with van der Waals surface area (Å²) in [5, 5.41) is 1.10. The Morgan fingerprint density at radius 3 is 2.70 bits per heavy atom. The fourth-order valence-electron chi connectivity index (χ4n) is 1.89. The molecule has 1 atom stereocenters. The molecule has 3 nitrogen and oxygen atoms in total. The van der Waals surface area contributed by atoms with Gasteiger partial charge in [0.25, 0.3) is 0 Å². The number of aromatic nitrogens is 2. The summed E-state index contributed by atoms with van der Waals surface area (Å²) >= 11 is 11.9. The second-order valence-electron chi connectivity index (χ2n) is 4.76. The van der Waals surface area contributed by atoms with Gasteiger partial charge in [0.1, 0.15) is 5.82 Å². The van der Waals surface area contributed by atoms with E-state index in [4.69, 9.17) is 28.9 Å². The lowest BCUT2D eigenvalue weighted by Gasteiger charge is -2.09. The van der Waals surface area contributed by atoms with Gasteiger partial charge in [0.05, 0.1) is 10.0 Å². The minimum atomic E-state index is 0.141. The van der Waals surface area contributed by atoms with Gasteiger partial charge < -0.3 is 5.73 Å². The lowest BCUT2D eigenvalue weighted by molar-refractivity contribution is 0.633. The van der Waals surface area contributed by atoms with Crippen LogP contribution in [0, 0.1) is 0 Å². The Balaban J connectivity index is 2.12. The average molecular weight is 310 g/mol. The van der Waals surface area contributed by atoms with Crippen molar-refractivity contribution < 1.29 is 0 Å². The fraction of sp³-hybridized carbons (Fsp3) is 0.333. The molecule has 0 aliphatic rings. The van der Waals surface area contributed by atoms with Crippen LogP contribution in [0.2, 0.25) is 10.0 Å². The van der Waals surface area contributed by atoms with E-state index in [9.17, 15) is 0 Å². The van der Waals surface area contributed by atoms with Crippen LogP contribution >= 0.6 is 23.2 Å². The highest BCUT2D eigenvalue weighted by Gasteiger charge is 2.06. The molecule has 106 valence electrons. The lowest BCUT2D eigenvalue weighted by Crippen LogP contribution is -2.22. The number of nitrogens with zero attached hydrogens (tertiary/aromatic N) is 2. The second kappa shape index (κ2) is 7.02. The van der Waals surface area contributed by atoms with E-state index < -0.39 is 0 Å². The molecule has 2 N–H and O–H groups in total. The van der Waals surface area contributed by atoms with E-state index in [2.05, 4.69) is 16.9 Å². The Labute approximate surface area is 129 Å². The summed E-state index contributed by atoms with van der Waals surface area (Å²) in [5.74, 6) is 0.768. The minimum Gasteiger partial charge on any atom is -0.327 e. The maximum atomic E-state index is 6.01. The van der Waals surface area contributed by atoms with Crippen LogP contribution in [-0.2, 0) is 12.8 Å². The molecular formula is C15H17Cl2N3. The largest absolute Gasteiger partial charge is 0.327 e. The molecule has 0 saturated heterocycles. The van der Waals surface area contributed by atoms with Crippen LogP contribution in [-0.4, -0.2) is 16.0 Å². The van der Waals surface area contributed by atoms with Crippen molar-refractivity contribution in [3.05, 3.63) is 57.6 Å². The first kappa shape index (κ1) is 15.2. The highest BCUT2D eigenvalue weighted by molar-refractivity contribution is 6.42. The highest BCUT2D eigenvalue weighted by atomic mass is 35.5. The van der Waals surface area contributed by atoms with Crippen LogP contribution in [0.1, 0.15) is 30.4 Å². The van der Waals surface area contributed by atoms with Gasteiger partial charge in [-0.3, -0.25) is 0 Å². The van der Waals surface area contributed by atoms with Crippen LogP contribution in [0.15, 0.2) is 30.5 Å². The Hall–Kier alpha value is -1.16. The molecule has 0 aliphatic heterocycles. The lowest BCUT2D eigenvalue weighted by atomic mass is 10.1. The first-order valence-corrected chi connectivity index (χ1v) is 7.34. The number of rotatable bonds is 5. The SMILES string of the molecule is CCC(N)Cc1ccnc(Cc2ccc(Cl)c(Cl)c2)n1. The maximum Gasteiger partial charge on any atom is 0.132 e. The molecule has 0 fully saturated rings. The molecular weight excluding hydrogens is 293 g/mol. The van der Waals surface area contributed by atoms with Gasteiger partial charge in [0, 0.05) is 30.8 Å². The summed E-state index contributed by atoms with van der Waals surface area (Å²) < 4.78 is 0. The molecule has 5 heteroatoms. The van der Waals surface area contributed by atoms with E-state index >= 15 is 0 Å². The zero-order valence-electron chi connectivity index (χ0n) is 11.3. The Bertz CT molecular complexity index is 587. The third-order valence-corrected chi connectivity index (χ3v) is 3.84. The van der Waals surface area contributed by atoms with Gasteiger partial charge in [-0.15, -0.1) is 0 Å². The van der Waals surface area contributed by atoms with Crippen molar-refractivity contribution in [1.82, 2.24) is 9.97 Å². The van der Waals surface area contributed by atoms with Gasteiger partial charge in [0.15, 0.2) is 0 Å². The predicted molar refractivity (Wildman–Crippen MR) is 83.3 cm³/mol. The second-order valence-corrected chi connectivity index (χ2v) is 5.58. The molecule has 0 bridgehead atoms. The third kappa shape index (κ3) is 4.17. The average Bonchev–Trinajstić information content (AvgIpc) is 2.43. The van der Waals surface area contributed by atoms with Gasteiger partial charge in [0.2, 0.25) is 0 Å². The Morgan fingerprint density at radius 1 is 1.20 bits per heavy atom. The van der Waals surface area contributed by atoms with E-state index in [1.54, 1.807) is 12.3 Å². The summed E-state index contributed by atoms with van der Waals surface area (Å²) in [4.78, 5) is 8.83. The summed E-state index contributed by atoms with van der Waals surface area (Å²) in [5.41, 5.74) is 7.97. The van der Waals surface area contributed by atoms with E-state index in [1.807, 2.05) is 18.2 Å². The maximum absolute atomic E-state index is 6.01. The summed E-state index contributed by atoms with van der Waals surface area (Å²) in [6.07, 6.45) is 4.11. The molecule has 2 rings (SSSR count). The number of hydrogen-bond acceptors (Lipinski definition) is 3. The van der Waals surface area contributed by atoms with Gasteiger partial charge >= 0.3 is 0 Å². The summed E-state index contributed by atoms with van der Waals surface area (Å²) in [6, 6.07) is 7.62. The minimum absolute atomic E-state index is 0.141. The quantitative estimate of drug-likeness (QED) is 0.917. The van der Waals surface area contributed by atoms with Crippen molar-refractivity contribution >= 4 is 23.2 Å². The number of benzene rings is 1. The van der Waals surface area contributed by atoms with Crippen molar-refractivity contribution in [2.24, 2.45) is 5.73 Å². The molecule has 1 aromatic carbocycles. The number of hydrogen-bond donors (Lipinski definition) is 1. The van der Waals surface area contributed by atoms with Crippen LogP contribution in [0.3, 0.4) is 0 Å². The standard InChI is InChI=1S/C15H17Cl2N3/c1-2-11(18)9-12-5-6-19-15(20-12)8-10-3-4-13(16)14(17)7-10/h3-7,11H,2,8-9,18H2,1H3. The smallest absolute Gasteiger partial charge is 0.132 e. The first-order valence-electron chi connectivity index (χ1n) is 6.58. The molecule has 0 radical (unpaired) electrons. The summed E-state index contributed by atoms with van der Waals surface area (Å²) in [6.45, 7) is 2.07. The monoisotopic (exact) mass is 309 g/mol. The zero-order chi connectivity index (χ0) is 14.5. The first-order chi connectivity index (χ1) is 9.58. The normalized spacial score (nSPS) is 12.4. The fourth-order valence-corrected chi connectivity index (χ4v) is 2.21. The molecule has 1 heterocycles. The van der Waals surface area contributed by atoms with Gasteiger partial charge in [-0.1, -0.05) is 36.2 Å². The molecule has 0 aliphatic carbocycles. The molecule has 0 saturated carbocycles. The number of halogens is 2. The topological polar surface area (TPSA) is 51.8 Å². The van der Waals surface area contributed by atoms with E-state index in [1.165, 1.54) is 0 Å². The van der Waals surface area contributed by atoms with E-state index in [-0.39, 0.29) is 6.04 Å². The van der Waals surface area contributed by atoms with Crippen LogP contribution in [0.25, 0.3) is 0 Å². The molecule has 0 amide bonds. The molecule has 1 aromatic heterocycles. The predicted octanol–water partition coefficient (Wildman–Crippen LogP) is 3.65. The number of nitrogens with two attached hydrogens (primary N) is 1. The zero-order valence-corrected chi connectivity index (χ0v) is 12.8. The Morgan fingerprint density at radius 2 is 2.00 bits per heavy atom. The van der Waals surface area contributed by atoms with E-state index in [0.29, 0.717) is 16.5 Å². The van der Waals surface area contributed by atoms with Crippen molar-refractivity contribution in [3.8, 4) is 0 Å². The van der Waals surface area contributed by atoms with Crippen LogP contribution in [0.5, 0.6) is 0 Å². The van der Waals surface area contributed by atoms with Crippen molar-refractivity contribution in [2.45, 2.75) is 32.2 Å². The Kier molecular flexibility index (Phi) is 5.35. The van der Waals surface area contributed by atoms with Crippen LogP contribution in [0.4, 0.5) is 0 Å². The molecule has 0 spiro atoms.